The maximum absolute atomic E-state index is 8.83. The standard InChI is InChI=1S/C9H6N4S/c10-5-7-8(13-9(11)14-7)6-3-1-2-4-12-6/h1-4H,(H2,11,13). The van der Waals surface area contributed by atoms with Crippen molar-refractivity contribution >= 4 is 16.5 Å². The van der Waals surface area contributed by atoms with E-state index in [1.165, 1.54) is 11.3 Å². The van der Waals surface area contributed by atoms with Crippen molar-refractivity contribution in [3.05, 3.63) is 29.3 Å². The highest BCUT2D eigenvalue weighted by molar-refractivity contribution is 7.16. The molecule has 2 heterocycles. The van der Waals surface area contributed by atoms with Gasteiger partial charge in [-0.2, -0.15) is 5.26 Å². The summed E-state index contributed by atoms with van der Waals surface area (Å²) in [6.07, 6.45) is 1.66. The number of nitrogens with zero attached hydrogens (tertiary/aromatic N) is 3. The fourth-order valence-corrected chi connectivity index (χ4v) is 1.73. The summed E-state index contributed by atoms with van der Waals surface area (Å²) in [5.41, 5.74) is 6.76. The van der Waals surface area contributed by atoms with E-state index in [0.29, 0.717) is 21.4 Å². The average Bonchev–Trinajstić information content (AvgIpc) is 2.61. The highest BCUT2D eigenvalue weighted by Gasteiger charge is 2.11. The number of hydrogen-bond donors (Lipinski definition) is 1. The van der Waals surface area contributed by atoms with E-state index in [4.69, 9.17) is 11.0 Å². The van der Waals surface area contributed by atoms with Crippen molar-refractivity contribution in [2.45, 2.75) is 0 Å². The van der Waals surface area contributed by atoms with E-state index in [1.54, 1.807) is 12.3 Å². The van der Waals surface area contributed by atoms with Crippen molar-refractivity contribution in [2.75, 3.05) is 5.73 Å². The van der Waals surface area contributed by atoms with Gasteiger partial charge in [0, 0.05) is 6.20 Å². The van der Waals surface area contributed by atoms with E-state index >= 15 is 0 Å². The Bertz CT molecular complexity index is 483. The van der Waals surface area contributed by atoms with Crippen LogP contribution in [0.2, 0.25) is 0 Å². The molecule has 68 valence electrons. The minimum absolute atomic E-state index is 0.391. The molecule has 2 N–H and O–H groups in total. The predicted octanol–water partition coefficient (Wildman–Crippen LogP) is 1.66. The molecule has 2 aromatic heterocycles. The van der Waals surface area contributed by atoms with Crippen LogP contribution in [0.4, 0.5) is 5.13 Å². The van der Waals surface area contributed by atoms with Gasteiger partial charge in [-0.15, -0.1) is 0 Å². The lowest BCUT2D eigenvalue weighted by atomic mass is 10.2. The van der Waals surface area contributed by atoms with Gasteiger partial charge in [-0.3, -0.25) is 4.98 Å². The molecule has 5 heteroatoms. The molecule has 0 aliphatic carbocycles. The van der Waals surface area contributed by atoms with Crippen molar-refractivity contribution < 1.29 is 0 Å². The quantitative estimate of drug-likeness (QED) is 0.763. The molecular weight excluding hydrogens is 196 g/mol. The summed E-state index contributed by atoms with van der Waals surface area (Å²) in [4.78, 5) is 8.67. The van der Waals surface area contributed by atoms with Gasteiger partial charge in [0.2, 0.25) is 0 Å². The lowest BCUT2D eigenvalue weighted by molar-refractivity contribution is 1.28. The van der Waals surface area contributed by atoms with Gasteiger partial charge in [-0.25, -0.2) is 4.98 Å². The molecule has 0 saturated heterocycles. The minimum Gasteiger partial charge on any atom is -0.375 e. The van der Waals surface area contributed by atoms with Gasteiger partial charge >= 0.3 is 0 Å². The van der Waals surface area contributed by atoms with Crippen LogP contribution in [0.5, 0.6) is 0 Å². The zero-order valence-corrected chi connectivity index (χ0v) is 7.95. The third-order valence-corrected chi connectivity index (χ3v) is 2.44. The molecule has 0 fully saturated rings. The number of anilines is 1. The van der Waals surface area contributed by atoms with Crippen LogP contribution in [0.15, 0.2) is 24.4 Å². The van der Waals surface area contributed by atoms with E-state index < -0.39 is 0 Å². The lowest BCUT2D eigenvalue weighted by Gasteiger charge is -1.93. The molecule has 0 unspecified atom stereocenters. The maximum Gasteiger partial charge on any atom is 0.181 e. The summed E-state index contributed by atoms with van der Waals surface area (Å²) < 4.78 is 0. The summed E-state index contributed by atoms with van der Waals surface area (Å²) in [6, 6.07) is 7.51. The molecule has 4 nitrogen and oxygen atoms in total. The second-order valence-electron chi connectivity index (χ2n) is 2.56. The molecule has 0 amide bonds. The van der Waals surface area contributed by atoms with Gasteiger partial charge < -0.3 is 5.73 Å². The minimum atomic E-state index is 0.391. The van der Waals surface area contributed by atoms with Gasteiger partial charge in [-0.1, -0.05) is 17.4 Å². The molecule has 2 rings (SSSR count). The van der Waals surface area contributed by atoms with Gasteiger partial charge in [0.25, 0.3) is 0 Å². The Balaban J connectivity index is 2.58. The molecule has 0 saturated carbocycles. The van der Waals surface area contributed by atoms with Crippen LogP contribution in [-0.4, -0.2) is 9.97 Å². The second kappa shape index (κ2) is 3.44. The van der Waals surface area contributed by atoms with Crippen LogP contribution in [0.1, 0.15) is 4.88 Å². The summed E-state index contributed by atoms with van der Waals surface area (Å²) in [7, 11) is 0. The molecule has 0 aromatic carbocycles. The fraction of sp³-hybridized carbons (Fsp3) is 0. The van der Waals surface area contributed by atoms with Crippen LogP contribution in [-0.2, 0) is 0 Å². The van der Waals surface area contributed by atoms with Crippen LogP contribution in [0.25, 0.3) is 11.4 Å². The first kappa shape index (κ1) is 8.66. The molecule has 0 aliphatic heterocycles. The predicted molar refractivity (Wildman–Crippen MR) is 54.5 cm³/mol. The molecule has 14 heavy (non-hydrogen) atoms. The van der Waals surface area contributed by atoms with E-state index in [9.17, 15) is 0 Å². The summed E-state index contributed by atoms with van der Waals surface area (Å²) in [5.74, 6) is 0. The largest absolute Gasteiger partial charge is 0.375 e. The number of rotatable bonds is 1. The number of aromatic nitrogens is 2. The smallest absolute Gasteiger partial charge is 0.181 e. The molecule has 0 radical (unpaired) electrons. The Kier molecular flexibility index (Phi) is 2.13. The number of pyridine rings is 1. The Morgan fingerprint density at radius 3 is 2.93 bits per heavy atom. The topological polar surface area (TPSA) is 75.6 Å². The van der Waals surface area contributed by atoms with Crippen molar-refractivity contribution in [2.24, 2.45) is 0 Å². The van der Waals surface area contributed by atoms with Crippen molar-refractivity contribution in [3.8, 4) is 17.5 Å². The SMILES string of the molecule is N#Cc1sc(N)nc1-c1ccccn1. The first-order valence-electron chi connectivity index (χ1n) is 3.89. The normalized spacial score (nSPS) is 9.64. The van der Waals surface area contributed by atoms with E-state index in [0.717, 1.165) is 0 Å². The van der Waals surface area contributed by atoms with Crippen LogP contribution < -0.4 is 5.73 Å². The molecule has 2 aromatic rings. The van der Waals surface area contributed by atoms with E-state index in [-0.39, 0.29) is 0 Å². The van der Waals surface area contributed by atoms with Gasteiger partial charge in [-0.05, 0) is 12.1 Å². The summed E-state index contributed by atoms with van der Waals surface area (Å²) in [6.45, 7) is 0. The zero-order valence-electron chi connectivity index (χ0n) is 7.14. The first-order chi connectivity index (χ1) is 6.81. The number of nitrogens with two attached hydrogens (primary N) is 1. The molecular formula is C9H6N4S. The average molecular weight is 202 g/mol. The number of nitriles is 1. The number of thiazole rings is 1. The second-order valence-corrected chi connectivity index (χ2v) is 3.59. The molecule has 0 atom stereocenters. The summed E-state index contributed by atoms with van der Waals surface area (Å²) in [5, 5.41) is 9.22. The van der Waals surface area contributed by atoms with Crippen LogP contribution in [0, 0.1) is 11.3 Å². The highest BCUT2D eigenvalue weighted by Crippen LogP contribution is 2.26. The van der Waals surface area contributed by atoms with Crippen LogP contribution >= 0.6 is 11.3 Å². The fourth-order valence-electron chi connectivity index (χ4n) is 1.09. The Hall–Kier alpha value is -1.93. The maximum atomic E-state index is 8.83. The van der Waals surface area contributed by atoms with Crippen molar-refractivity contribution in [3.63, 3.8) is 0 Å². The highest BCUT2D eigenvalue weighted by atomic mass is 32.1. The lowest BCUT2D eigenvalue weighted by Crippen LogP contribution is -1.86. The Morgan fingerprint density at radius 2 is 2.29 bits per heavy atom. The zero-order chi connectivity index (χ0) is 9.97. The van der Waals surface area contributed by atoms with Gasteiger partial charge in [0.05, 0.1) is 5.69 Å². The summed E-state index contributed by atoms with van der Waals surface area (Å²) >= 11 is 1.17. The number of hydrogen-bond acceptors (Lipinski definition) is 5. The third kappa shape index (κ3) is 1.43. The molecule has 0 spiro atoms. The van der Waals surface area contributed by atoms with Gasteiger partial charge in [0.15, 0.2) is 5.13 Å². The monoisotopic (exact) mass is 202 g/mol. The Labute approximate surface area is 84.7 Å². The first-order valence-corrected chi connectivity index (χ1v) is 4.70. The Morgan fingerprint density at radius 1 is 1.43 bits per heavy atom. The third-order valence-electron chi connectivity index (χ3n) is 1.65. The van der Waals surface area contributed by atoms with E-state index in [2.05, 4.69) is 16.0 Å². The van der Waals surface area contributed by atoms with Crippen molar-refractivity contribution in [1.29, 1.82) is 5.26 Å². The van der Waals surface area contributed by atoms with Gasteiger partial charge in [0.1, 0.15) is 16.6 Å². The molecule has 0 bridgehead atoms. The molecule has 0 aliphatic rings. The number of nitrogen functional groups attached to an aromatic ring is 1. The van der Waals surface area contributed by atoms with Crippen molar-refractivity contribution in [1.82, 2.24) is 9.97 Å². The van der Waals surface area contributed by atoms with E-state index in [1.807, 2.05) is 12.1 Å². The van der Waals surface area contributed by atoms with Crippen LogP contribution in [0.3, 0.4) is 0 Å².